The average molecular weight is 789 g/mol. The van der Waals surface area contributed by atoms with Crippen LogP contribution >= 0.6 is 0 Å². The zero-order chi connectivity index (χ0) is 40.1. The highest BCUT2D eigenvalue weighted by molar-refractivity contribution is 6.11. The minimum Gasteiger partial charge on any atom is -0.494 e. The van der Waals surface area contributed by atoms with Crippen LogP contribution in [0.2, 0.25) is 0 Å². The van der Waals surface area contributed by atoms with E-state index in [-0.39, 0.29) is 47.8 Å². The maximum absolute atomic E-state index is 16.0. The van der Waals surface area contributed by atoms with Gasteiger partial charge in [-0.25, -0.2) is 9.78 Å². The van der Waals surface area contributed by atoms with Gasteiger partial charge in [0.25, 0.3) is 11.8 Å². The first-order chi connectivity index (χ1) is 27.3. The van der Waals surface area contributed by atoms with Gasteiger partial charge >= 0.3 is 12.2 Å². The fourth-order valence-electron chi connectivity index (χ4n) is 8.06. The van der Waals surface area contributed by atoms with Crippen LogP contribution in [0.3, 0.4) is 0 Å². The lowest BCUT2D eigenvalue weighted by Gasteiger charge is -2.37. The van der Waals surface area contributed by atoms with Gasteiger partial charge in [-0.15, -0.1) is 0 Å². The number of carbonyl (C=O) groups is 3. The van der Waals surface area contributed by atoms with Crippen LogP contribution in [0.25, 0.3) is 27.2 Å². The minimum absolute atomic E-state index is 0.0580. The van der Waals surface area contributed by atoms with Gasteiger partial charge in [0, 0.05) is 66.2 Å². The van der Waals surface area contributed by atoms with E-state index in [0.717, 1.165) is 37.8 Å². The third-order valence-corrected chi connectivity index (χ3v) is 10.9. The molecule has 2 N–H and O–H groups in total. The molecule has 0 bridgehead atoms. The lowest BCUT2D eigenvalue weighted by molar-refractivity contribution is -0.141. The van der Waals surface area contributed by atoms with Crippen molar-refractivity contribution in [3.05, 3.63) is 90.1 Å². The Labute approximate surface area is 322 Å². The third kappa shape index (κ3) is 7.62. The Morgan fingerprint density at radius 1 is 1.04 bits per heavy atom. The van der Waals surface area contributed by atoms with Crippen molar-refractivity contribution in [1.29, 1.82) is 0 Å². The van der Waals surface area contributed by atoms with E-state index < -0.39 is 42.0 Å². The maximum atomic E-state index is 16.0. The summed E-state index contributed by atoms with van der Waals surface area (Å²) in [4.78, 5) is 48.1. The average Bonchev–Trinajstić information content (AvgIpc) is 3.60. The standard InChI is InChI=1S/C40H37F5N8O4/c1-57-34-17-31-24(16-32(34)48-37(55)30-6-3-7-35(47-30)40(43,44)45)21-53(50-31)25-10-8-23(9-11-25)20-51-14-12-29(39(41,42)22-51)26-4-2-5-27-28(26)18-46-19-33(27)52-15-13-36(54)49-38(52)56/h2-7,12,16-19,21,23,25H,8-11,13-15,20,22H2,1H3,(H,48,55)(H,49,54,56). The Bertz CT molecular complexity index is 2420. The van der Waals surface area contributed by atoms with E-state index in [1.165, 1.54) is 30.5 Å². The lowest BCUT2D eigenvalue weighted by Crippen LogP contribution is -2.49. The topological polar surface area (TPSA) is 135 Å². The Balaban J connectivity index is 0.917. The van der Waals surface area contributed by atoms with Gasteiger partial charge in [0.05, 0.1) is 42.8 Å². The molecule has 2 aromatic carbocycles. The van der Waals surface area contributed by atoms with Gasteiger partial charge in [0.15, 0.2) is 0 Å². The summed E-state index contributed by atoms with van der Waals surface area (Å²) in [5.74, 6) is -3.86. The number of halogens is 5. The molecular weight excluding hydrogens is 751 g/mol. The first-order valence-corrected chi connectivity index (χ1v) is 18.5. The van der Waals surface area contributed by atoms with Crippen LogP contribution in [0.15, 0.2) is 73.2 Å². The van der Waals surface area contributed by atoms with Crippen molar-refractivity contribution in [2.24, 2.45) is 5.92 Å². The summed E-state index contributed by atoms with van der Waals surface area (Å²) in [5.41, 5.74) is 0.00493. The molecule has 5 aromatic rings. The molecular formula is C40H37F5N8O4. The number of carbonyl (C=O) groups excluding carboxylic acids is 3. The molecule has 17 heteroatoms. The summed E-state index contributed by atoms with van der Waals surface area (Å²) in [6.07, 6.45) is 5.06. The summed E-state index contributed by atoms with van der Waals surface area (Å²) in [7, 11) is 1.41. The first kappa shape index (κ1) is 37.9. The van der Waals surface area contributed by atoms with Crippen molar-refractivity contribution >= 4 is 56.5 Å². The zero-order valence-corrected chi connectivity index (χ0v) is 30.7. The second-order valence-electron chi connectivity index (χ2n) is 14.6. The number of amides is 4. The zero-order valence-electron chi connectivity index (χ0n) is 30.7. The van der Waals surface area contributed by atoms with Crippen molar-refractivity contribution in [1.82, 2.24) is 30.0 Å². The van der Waals surface area contributed by atoms with Crippen LogP contribution < -0.4 is 20.3 Å². The Morgan fingerprint density at radius 2 is 1.82 bits per heavy atom. The van der Waals surface area contributed by atoms with Crippen LogP contribution in [0, 0.1) is 5.92 Å². The van der Waals surface area contributed by atoms with Crippen molar-refractivity contribution in [3.8, 4) is 5.75 Å². The van der Waals surface area contributed by atoms with E-state index in [0.29, 0.717) is 46.0 Å². The number of hydrogen-bond acceptors (Lipinski definition) is 8. The number of methoxy groups -OCH3 is 1. The molecule has 0 spiro atoms. The second-order valence-corrected chi connectivity index (χ2v) is 14.6. The SMILES string of the molecule is COc1cc2nn(C3CCC(CN4CC=C(c5cccc6c(N7CCC(=O)NC7=O)cncc56)C(F)(F)C4)CC3)cc2cc1NC(=O)c1cccc(C(F)(F)F)n1. The molecule has 1 saturated heterocycles. The molecule has 3 aromatic heterocycles. The molecule has 5 heterocycles. The molecule has 1 aliphatic carbocycles. The number of anilines is 2. The van der Waals surface area contributed by atoms with Crippen LogP contribution in [0.5, 0.6) is 5.75 Å². The summed E-state index contributed by atoms with van der Waals surface area (Å²) in [6.45, 7) is 0.586. The van der Waals surface area contributed by atoms with Crippen LogP contribution in [0.1, 0.15) is 59.9 Å². The van der Waals surface area contributed by atoms with E-state index in [9.17, 15) is 27.6 Å². The van der Waals surface area contributed by atoms with Gasteiger partial charge in [0.1, 0.15) is 17.1 Å². The van der Waals surface area contributed by atoms with Crippen LogP contribution in [-0.2, 0) is 11.0 Å². The van der Waals surface area contributed by atoms with E-state index in [4.69, 9.17) is 9.84 Å². The number of pyridine rings is 2. The molecule has 296 valence electrons. The molecule has 0 radical (unpaired) electrons. The molecule has 3 aliphatic rings. The van der Waals surface area contributed by atoms with Crippen LogP contribution in [-0.4, -0.2) is 81.7 Å². The number of benzene rings is 2. The second kappa shape index (κ2) is 14.8. The minimum atomic E-state index is -4.70. The third-order valence-electron chi connectivity index (χ3n) is 10.9. The molecule has 0 unspecified atom stereocenters. The van der Waals surface area contributed by atoms with Gasteiger partial charge in [-0.2, -0.15) is 27.1 Å². The van der Waals surface area contributed by atoms with E-state index in [1.807, 2.05) is 10.9 Å². The van der Waals surface area contributed by atoms with Crippen molar-refractivity contribution in [2.75, 3.05) is 43.5 Å². The number of alkyl halides is 5. The number of nitrogens with one attached hydrogen (secondary N) is 2. The molecule has 57 heavy (non-hydrogen) atoms. The van der Waals surface area contributed by atoms with E-state index >= 15 is 8.78 Å². The normalized spacial score (nSPS) is 20.4. The monoisotopic (exact) mass is 788 g/mol. The number of rotatable bonds is 8. The van der Waals surface area contributed by atoms with Crippen molar-refractivity contribution in [3.63, 3.8) is 0 Å². The molecule has 2 aliphatic heterocycles. The highest BCUT2D eigenvalue weighted by atomic mass is 19.4. The molecule has 2 fully saturated rings. The van der Waals surface area contributed by atoms with Gasteiger partial charge in [-0.05, 0) is 55.4 Å². The van der Waals surface area contributed by atoms with Crippen molar-refractivity contribution in [2.45, 2.75) is 50.2 Å². The highest BCUT2D eigenvalue weighted by Crippen LogP contribution is 2.42. The Morgan fingerprint density at radius 3 is 2.56 bits per heavy atom. The lowest BCUT2D eigenvalue weighted by atomic mass is 9.85. The summed E-state index contributed by atoms with van der Waals surface area (Å²) in [5, 5.41) is 11.4. The Kier molecular flexibility index (Phi) is 9.87. The predicted octanol–water partition coefficient (Wildman–Crippen LogP) is 7.47. The molecule has 1 saturated carbocycles. The van der Waals surface area contributed by atoms with Crippen LogP contribution in [0.4, 0.5) is 38.1 Å². The molecule has 12 nitrogen and oxygen atoms in total. The molecule has 8 rings (SSSR count). The number of aromatic nitrogens is 4. The van der Waals surface area contributed by atoms with Crippen molar-refractivity contribution < 1.29 is 41.1 Å². The quantitative estimate of drug-likeness (QED) is 0.155. The number of hydrogen-bond donors (Lipinski definition) is 2. The number of ether oxygens (including phenoxy) is 1. The number of nitrogens with zero attached hydrogens (tertiary/aromatic N) is 6. The fourth-order valence-corrected chi connectivity index (χ4v) is 8.06. The van der Waals surface area contributed by atoms with E-state index in [1.54, 1.807) is 41.3 Å². The fraction of sp³-hybridized carbons (Fsp3) is 0.350. The van der Waals surface area contributed by atoms with Gasteiger partial charge < -0.3 is 10.1 Å². The summed E-state index contributed by atoms with van der Waals surface area (Å²) in [6, 6.07) is 11.0. The maximum Gasteiger partial charge on any atom is 0.433 e. The highest BCUT2D eigenvalue weighted by Gasteiger charge is 2.41. The van der Waals surface area contributed by atoms with Gasteiger partial charge in [0.2, 0.25) is 5.91 Å². The van der Waals surface area contributed by atoms with Gasteiger partial charge in [-0.3, -0.25) is 34.4 Å². The number of fused-ring (bicyclic) bond motifs is 2. The molecule has 0 atom stereocenters. The Hall–Kier alpha value is -5.97. The molecule has 4 amide bonds. The predicted molar refractivity (Wildman–Crippen MR) is 201 cm³/mol. The van der Waals surface area contributed by atoms with Gasteiger partial charge in [-0.1, -0.05) is 30.3 Å². The smallest absolute Gasteiger partial charge is 0.433 e. The largest absolute Gasteiger partial charge is 0.494 e. The first-order valence-electron chi connectivity index (χ1n) is 18.5. The summed E-state index contributed by atoms with van der Waals surface area (Å²) >= 11 is 0. The summed E-state index contributed by atoms with van der Waals surface area (Å²) < 4.78 is 78.8. The number of urea groups is 1. The van der Waals surface area contributed by atoms with E-state index in [2.05, 4.69) is 20.6 Å². The number of imide groups is 1.